The van der Waals surface area contributed by atoms with Crippen LogP contribution < -0.4 is 9.47 Å². The van der Waals surface area contributed by atoms with Gasteiger partial charge in [-0.1, -0.05) is 12.1 Å². The summed E-state index contributed by atoms with van der Waals surface area (Å²) in [6, 6.07) is 7.05. The zero-order valence-corrected chi connectivity index (χ0v) is 14.3. The Kier molecular flexibility index (Phi) is 6.22. The molecule has 10 heteroatoms. The minimum absolute atomic E-state index is 0.0495. The molecule has 0 aliphatic carbocycles. The monoisotopic (exact) mass is 384 g/mol. The van der Waals surface area contributed by atoms with E-state index < -0.39 is 34.7 Å². The molecule has 0 radical (unpaired) electrons. The van der Waals surface area contributed by atoms with Crippen molar-refractivity contribution < 1.29 is 32.4 Å². The molecule has 0 heterocycles. The fraction of sp³-hybridized carbons (Fsp3) is 0.235. The summed E-state index contributed by atoms with van der Waals surface area (Å²) < 4.78 is 47.0. The molecule has 2 rings (SSSR count). The molecule has 0 aromatic heterocycles. The van der Waals surface area contributed by atoms with Gasteiger partial charge in [-0.3, -0.25) is 14.9 Å². The largest absolute Gasteiger partial charge is 0.493 e. The van der Waals surface area contributed by atoms with Crippen LogP contribution in [0.25, 0.3) is 0 Å². The van der Waals surface area contributed by atoms with Crippen LogP contribution >= 0.6 is 0 Å². The molecule has 7 nitrogen and oxygen atoms in total. The van der Waals surface area contributed by atoms with Crippen molar-refractivity contribution in [2.45, 2.75) is 13.2 Å². The second kappa shape index (κ2) is 8.39. The Hall–Kier alpha value is -3.30. The zero-order chi connectivity index (χ0) is 20.1. The molecular formula is C17H15F3N2O5. The summed E-state index contributed by atoms with van der Waals surface area (Å²) in [6.07, 6.45) is 0. The summed E-state index contributed by atoms with van der Waals surface area (Å²) in [5.41, 5.74) is -0.468. The molecule has 0 unspecified atom stereocenters. The van der Waals surface area contributed by atoms with Crippen LogP contribution in [-0.4, -0.2) is 36.5 Å². The van der Waals surface area contributed by atoms with Crippen LogP contribution in [-0.2, 0) is 6.54 Å². The van der Waals surface area contributed by atoms with Gasteiger partial charge in [-0.25, -0.2) is 4.39 Å². The molecule has 0 aliphatic rings. The topological polar surface area (TPSA) is 81.9 Å². The number of nitro benzene ring substituents is 1. The number of benzene rings is 2. The lowest BCUT2D eigenvalue weighted by atomic mass is 10.1. The summed E-state index contributed by atoms with van der Waals surface area (Å²) in [5, 5.41) is 11.3. The summed E-state index contributed by atoms with van der Waals surface area (Å²) >= 11 is 0. The van der Waals surface area contributed by atoms with E-state index in [1.807, 2.05) is 0 Å². The number of amides is 1. The number of ether oxygens (including phenoxy) is 2. The van der Waals surface area contributed by atoms with Gasteiger partial charge in [0.05, 0.1) is 18.1 Å². The van der Waals surface area contributed by atoms with Crippen LogP contribution in [0.5, 0.6) is 11.5 Å². The molecule has 0 saturated carbocycles. The number of carbonyl (C=O) groups excluding carboxylic acids is 1. The van der Waals surface area contributed by atoms with Crippen molar-refractivity contribution in [3.63, 3.8) is 0 Å². The number of alkyl halides is 2. The molecule has 0 fully saturated rings. The first-order valence-corrected chi connectivity index (χ1v) is 7.54. The van der Waals surface area contributed by atoms with Gasteiger partial charge in [0.1, 0.15) is 11.4 Å². The highest BCUT2D eigenvalue weighted by atomic mass is 19.3. The maximum atomic E-state index is 13.0. The molecule has 0 atom stereocenters. The highest BCUT2D eigenvalue weighted by Crippen LogP contribution is 2.36. The predicted octanol–water partition coefficient (Wildman–Crippen LogP) is 3.62. The lowest BCUT2D eigenvalue weighted by molar-refractivity contribution is -0.385. The Morgan fingerprint density at radius 3 is 2.37 bits per heavy atom. The number of hydrogen-bond donors (Lipinski definition) is 0. The summed E-state index contributed by atoms with van der Waals surface area (Å²) in [4.78, 5) is 24.2. The molecule has 0 N–H and O–H groups in total. The van der Waals surface area contributed by atoms with E-state index in [0.29, 0.717) is 11.6 Å². The summed E-state index contributed by atoms with van der Waals surface area (Å²) in [7, 11) is 2.54. The third kappa shape index (κ3) is 4.87. The van der Waals surface area contributed by atoms with Gasteiger partial charge in [0.25, 0.3) is 11.6 Å². The van der Waals surface area contributed by atoms with Crippen molar-refractivity contribution in [2.75, 3.05) is 14.2 Å². The molecule has 144 valence electrons. The van der Waals surface area contributed by atoms with E-state index in [1.54, 1.807) is 0 Å². The quantitative estimate of drug-likeness (QED) is 0.538. The number of nitrogens with zero attached hydrogens (tertiary/aromatic N) is 2. The maximum Gasteiger partial charge on any atom is 0.387 e. The van der Waals surface area contributed by atoms with Crippen LogP contribution in [0, 0.1) is 15.9 Å². The van der Waals surface area contributed by atoms with E-state index in [2.05, 4.69) is 4.74 Å². The fourth-order valence-corrected chi connectivity index (χ4v) is 2.36. The first-order chi connectivity index (χ1) is 12.7. The molecular weight excluding hydrogens is 369 g/mol. The summed E-state index contributed by atoms with van der Waals surface area (Å²) in [6.45, 7) is -3.17. The highest BCUT2D eigenvalue weighted by Gasteiger charge is 2.27. The van der Waals surface area contributed by atoms with Gasteiger partial charge in [-0.05, 0) is 17.7 Å². The van der Waals surface area contributed by atoms with Gasteiger partial charge in [0, 0.05) is 19.7 Å². The number of carbonyl (C=O) groups is 1. The van der Waals surface area contributed by atoms with E-state index in [9.17, 15) is 28.1 Å². The Labute approximate surface area is 152 Å². The predicted molar refractivity (Wildman–Crippen MR) is 88.5 cm³/mol. The number of methoxy groups -OCH3 is 1. The molecule has 0 bridgehead atoms. The van der Waals surface area contributed by atoms with Crippen molar-refractivity contribution in [2.24, 2.45) is 0 Å². The average molecular weight is 384 g/mol. The molecule has 0 spiro atoms. The van der Waals surface area contributed by atoms with Crippen molar-refractivity contribution in [1.29, 1.82) is 0 Å². The lowest BCUT2D eigenvalue weighted by Gasteiger charge is -2.18. The van der Waals surface area contributed by atoms with E-state index in [0.717, 1.165) is 13.2 Å². The molecule has 2 aromatic rings. The van der Waals surface area contributed by atoms with Gasteiger partial charge >= 0.3 is 6.61 Å². The first kappa shape index (κ1) is 20.0. The van der Waals surface area contributed by atoms with E-state index in [1.165, 1.54) is 36.2 Å². The third-order valence-electron chi connectivity index (χ3n) is 3.60. The highest BCUT2D eigenvalue weighted by molar-refractivity contribution is 5.99. The lowest BCUT2D eigenvalue weighted by Crippen LogP contribution is -2.27. The Bertz CT molecular complexity index is 843. The summed E-state index contributed by atoms with van der Waals surface area (Å²) in [5.74, 6) is -1.99. The van der Waals surface area contributed by atoms with Gasteiger partial charge in [0.2, 0.25) is 0 Å². The van der Waals surface area contributed by atoms with Gasteiger partial charge in [0.15, 0.2) is 11.5 Å². The number of hydrogen-bond acceptors (Lipinski definition) is 5. The number of halogens is 3. The van der Waals surface area contributed by atoms with E-state index >= 15 is 0 Å². The van der Waals surface area contributed by atoms with Crippen molar-refractivity contribution in [1.82, 2.24) is 4.90 Å². The van der Waals surface area contributed by atoms with Crippen LogP contribution in [0.3, 0.4) is 0 Å². The van der Waals surface area contributed by atoms with Crippen molar-refractivity contribution in [3.05, 3.63) is 63.5 Å². The Balaban J connectivity index is 2.37. The Morgan fingerprint density at radius 2 is 1.85 bits per heavy atom. The number of nitro groups is 1. The maximum absolute atomic E-state index is 13.0. The third-order valence-corrected chi connectivity index (χ3v) is 3.60. The van der Waals surface area contributed by atoms with Crippen LogP contribution in [0.15, 0.2) is 36.4 Å². The molecule has 2 aromatic carbocycles. The standard InChI is InChI=1S/C17H15F3N2O5/c1-21(9-10-3-5-11(18)6-4-10)16(23)12-7-14(26-2)15(27-17(19)20)8-13(12)22(24)25/h3-8,17H,9H2,1-2H3. The van der Waals surface area contributed by atoms with E-state index in [4.69, 9.17) is 4.74 Å². The van der Waals surface area contributed by atoms with Crippen LogP contribution in [0.2, 0.25) is 0 Å². The van der Waals surface area contributed by atoms with Gasteiger partial charge in [-0.15, -0.1) is 0 Å². The zero-order valence-electron chi connectivity index (χ0n) is 14.3. The van der Waals surface area contributed by atoms with Crippen LogP contribution in [0.1, 0.15) is 15.9 Å². The van der Waals surface area contributed by atoms with Crippen molar-refractivity contribution in [3.8, 4) is 11.5 Å². The van der Waals surface area contributed by atoms with Gasteiger partial charge < -0.3 is 14.4 Å². The first-order valence-electron chi connectivity index (χ1n) is 7.54. The van der Waals surface area contributed by atoms with Crippen LogP contribution in [0.4, 0.5) is 18.9 Å². The SMILES string of the molecule is COc1cc(C(=O)N(C)Cc2ccc(F)cc2)c([N+](=O)[O-])cc1OC(F)F. The fourth-order valence-electron chi connectivity index (χ4n) is 2.36. The molecule has 1 amide bonds. The normalized spacial score (nSPS) is 10.6. The Morgan fingerprint density at radius 1 is 1.22 bits per heavy atom. The minimum atomic E-state index is -3.22. The average Bonchev–Trinajstić information content (AvgIpc) is 2.62. The minimum Gasteiger partial charge on any atom is -0.493 e. The molecule has 0 aliphatic heterocycles. The smallest absolute Gasteiger partial charge is 0.387 e. The second-order valence-corrected chi connectivity index (χ2v) is 5.44. The second-order valence-electron chi connectivity index (χ2n) is 5.44. The number of rotatable bonds is 7. The van der Waals surface area contributed by atoms with E-state index in [-0.39, 0.29) is 17.9 Å². The van der Waals surface area contributed by atoms with Crippen molar-refractivity contribution >= 4 is 11.6 Å². The molecule has 0 saturated heterocycles. The van der Waals surface area contributed by atoms with Gasteiger partial charge in [-0.2, -0.15) is 8.78 Å². The molecule has 27 heavy (non-hydrogen) atoms.